The number of piperidine rings is 1. The predicted octanol–water partition coefficient (Wildman–Crippen LogP) is 2.89. The van der Waals surface area contributed by atoms with Gasteiger partial charge in [0.05, 0.1) is 0 Å². The molecule has 2 heteroatoms. The maximum absolute atomic E-state index is 3.58. The summed E-state index contributed by atoms with van der Waals surface area (Å²) in [6.45, 7) is 9.77. The highest BCUT2D eigenvalue weighted by Crippen LogP contribution is 2.28. The van der Waals surface area contributed by atoms with Crippen LogP contribution in [0, 0.1) is 11.8 Å². The van der Waals surface area contributed by atoms with Crippen LogP contribution in [-0.4, -0.2) is 37.1 Å². The Hall–Kier alpha value is -0.0800. The molecule has 1 saturated heterocycles. The quantitative estimate of drug-likeness (QED) is 0.792. The maximum atomic E-state index is 3.58. The third kappa shape index (κ3) is 3.96. The van der Waals surface area contributed by atoms with Crippen molar-refractivity contribution in [2.45, 2.75) is 58.4 Å². The summed E-state index contributed by atoms with van der Waals surface area (Å²) in [6.07, 6.45) is 8.76. The topological polar surface area (TPSA) is 15.3 Å². The SMILES string of the molecule is CCNC(C)C1CCN(CC2CCCC2)CC1. The number of likely N-dealkylation sites (tertiary alicyclic amines) is 1. The Labute approximate surface area is 107 Å². The van der Waals surface area contributed by atoms with Gasteiger partial charge in [-0.25, -0.2) is 0 Å². The van der Waals surface area contributed by atoms with Gasteiger partial charge in [0.15, 0.2) is 0 Å². The Morgan fingerprint density at radius 1 is 1.12 bits per heavy atom. The number of nitrogens with one attached hydrogen (secondary N) is 1. The molecular formula is C15H30N2. The van der Waals surface area contributed by atoms with Crippen molar-refractivity contribution in [2.24, 2.45) is 11.8 Å². The van der Waals surface area contributed by atoms with Crippen molar-refractivity contribution in [3.8, 4) is 0 Å². The molecule has 1 unspecified atom stereocenters. The highest BCUT2D eigenvalue weighted by Gasteiger charge is 2.25. The number of rotatable bonds is 5. The third-order valence-electron chi connectivity index (χ3n) is 4.86. The molecule has 1 heterocycles. The van der Waals surface area contributed by atoms with E-state index in [-0.39, 0.29) is 0 Å². The van der Waals surface area contributed by atoms with E-state index in [4.69, 9.17) is 0 Å². The molecule has 0 aromatic heterocycles. The standard InChI is InChI=1S/C15H30N2/c1-3-16-13(2)15-8-10-17(11-9-15)12-14-6-4-5-7-14/h13-16H,3-12H2,1-2H3. The molecule has 1 atom stereocenters. The lowest BCUT2D eigenvalue weighted by Crippen LogP contribution is -2.43. The van der Waals surface area contributed by atoms with Gasteiger partial charge in [0.1, 0.15) is 0 Å². The zero-order valence-corrected chi connectivity index (χ0v) is 11.8. The molecule has 2 rings (SSSR count). The highest BCUT2D eigenvalue weighted by molar-refractivity contribution is 4.81. The number of hydrogen-bond acceptors (Lipinski definition) is 2. The van der Waals surface area contributed by atoms with Crippen LogP contribution in [0.1, 0.15) is 52.4 Å². The summed E-state index contributed by atoms with van der Waals surface area (Å²) in [6, 6.07) is 0.716. The first-order valence-corrected chi connectivity index (χ1v) is 7.75. The first-order chi connectivity index (χ1) is 8.29. The minimum absolute atomic E-state index is 0.716. The minimum Gasteiger partial charge on any atom is -0.314 e. The lowest BCUT2D eigenvalue weighted by Gasteiger charge is -2.36. The van der Waals surface area contributed by atoms with Gasteiger partial charge < -0.3 is 10.2 Å². The molecule has 2 fully saturated rings. The molecule has 17 heavy (non-hydrogen) atoms. The van der Waals surface area contributed by atoms with E-state index in [9.17, 15) is 0 Å². The van der Waals surface area contributed by atoms with E-state index < -0.39 is 0 Å². The fourth-order valence-electron chi connectivity index (χ4n) is 3.68. The molecule has 1 N–H and O–H groups in total. The van der Waals surface area contributed by atoms with E-state index in [1.165, 1.54) is 58.2 Å². The second-order valence-electron chi connectivity index (χ2n) is 6.13. The van der Waals surface area contributed by atoms with E-state index in [1.807, 2.05) is 0 Å². The summed E-state index contributed by atoms with van der Waals surface area (Å²) in [7, 11) is 0. The molecule has 2 aliphatic rings. The van der Waals surface area contributed by atoms with Crippen LogP contribution in [0.15, 0.2) is 0 Å². The van der Waals surface area contributed by atoms with Gasteiger partial charge in [0, 0.05) is 12.6 Å². The van der Waals surface area contributed by atoms with Gasteiger partial charge in [0.2, 0.25) is 0 Å². The van der Waals surface area contributed by atoms with Gasteiger partial charge in [-0.3, -0.25) is 0 Å². The zero-order valence-electron chi connectivity index (χ0n) is 11.8. The van der Waals surface area contributed by atoms with E-state index >= 15 is 0 Å². The molecular weight excluding hydrogens is 208 g/mol. The first-order valence-electron chi connectivity index (χ1n) is 7.75. The predicted molar refractivity (Wildman–Crippen MR) is 74.3 cm³/mol. The molecule has 0 bridgehead atoms. The summed E-state index contributed by atoms with van der Waals surface area (Å²) in [4.78, 5) is 2.73. The molecule has 0 radical (unpaired) electrons. The molecule has 0 aromatic carbocycles. The van der Waals surface area contributed by atoms with E-state index in [0.29, 0.717) is 6.04 Å². The summed E-state index contributed by atoms with van der Waals surface area (Å²) in [5.74, 6) is 1.94. The fourth-order valence-corrected chi connectivity index (χ4v) is 3.68. The molecule has 1 saturated carbocycles. The normalized spacial score (nSPS) is 26.5. The van der Waals surface area contributed by atoms with Crippen LogP contribution in [0.5, 0.6) is 0 Å². The molecule has 0 aromatic rings. The Morgan fingerprint density at radius 2 is 1.76 bits per heavy atom. The average Bonchev–Trinajstić information content (AvgIpc) is 2.83. The van der Waals surface area contributed by atoms with Crippen LogP contribution in [0.2, 0.25) is 0 Å². The van der Waals surface area contributed by atoms with Crippen molar-refractivity contribution >= 4 is 0 Å². The van der Waals surface area contributed by atoms with Crippen LogP contribution in [0.4, 0.5) is 0 Å². The van der Waals surface area contributed by atoms with Crippen molar-refractivity contribution < 1.29 is 0 Å². The lowest BCUT2D eigenvalue weighted by atomic mass is 9.90. The van der Waals surface area contributed by atoms with Gasteiger partial charge in [-0.05, 0) is 64.1 Å². The Morgan fingerprint density at radius 3 is 2.35 bits per heavy atom. The summed E-state index contributed by atoms with van der Waals surface area (Å²) in [5, 5.41) is 3.58. The van der Waals surface area contributed by atoms with Gasteiger partial charge in [-0.15, -0.1) is 0 Å². The summed E-state index contributed by atoms with van der Waals surface area (Å²) < 4.78 is 0. The van der Waals surface area contributed by atoms with Gasteiger partial charge in [-0.1, -0.05) is 19.8 Å². The monoisotopic (exact) mass is 238 g/mol. The molecule has 100 valence electrons. The van der Waals surface area contributed by atoms with Crippen molar-refractivity contribution in [3.63, 3.8) is 0 Å². The van der Waals surface area contributed by atoms with E-state index in [2.05, 4.69) is 24.1 Å². The van der Waals surface area contributed by atoms with E-state index in [0.717, 1.165) is 18.4 Å². The first kappa shape index (κ1) is 13.4. The molecule has 1 aliphatic carbocycles. The summed E-state index contributed by atoms with van der Waals surface area (Å²) >= 11 is 0. The third-order valence-corrected chi connectivity index (χ3v) is 4.86. The summed E-state index contributed by atoms with van der Waals surface area (Å²) in [5.41, 5.74) is 0. The maximum Gasteiger partial charge on any atom is 0.00678 e. The molecule has 0 amide bonds. The second-order valence-corrected chi connectivity index (χ2v) is 6.13. The number of hydrogen-bond donors (Lipinski definition) is 1. The lowest BCUT2D eigenvalue weighted by molar-refractivity contribution is 0.144. The fraction of sp³-hybridized carbons (Fsp3) is 1.00. The molecule has 2 nitrogen and oxygen atoms in total. The van der Waals surface area contributed by atoms with Gasteiger partial charge in [-0.2, -0.15) is 0 Å². The van der Waals surface area contributed by atoms with Crippen molar-refractivity contribution in [3.05, 3.63) is 0 Å². The average molecular weight is 238 g/mol. The Kier molecular flexibility index (Phi) is 5.30. The van der Waals surface area contributed by atoms with Crippen LogP contribution in [-0.2, 0) is 0 Å². The van der Waals surface area contributed by atoms with Crippen LogP contribution >= 0.6 is 0 Å². The smallest absolute Gasteiger partial charge is 0.00678 e. The zero-order chi connectivity index (χ0) is 12.1. The number of nitrogens with zero attached hydrogens (tertiary/aromatic N) is 1. The second kappa shape index (κ2) is 6.75. The van der Waals surface area contributed by atoms with Crippen LogP contribution < -0.4 is 5.32 Å². The highest BCUT2D eigenvalue weighted by atomic mass is 15.1. The minimum atomic E-state index is 0.716. The molecule has 1 aliphatic heterocycles. The van der Waals surface area contributed by atoms with Crippen LogP contribution in [0.25, 0.3) is 0 Å². The van der Waals surface area contributed by atoms with Crippen molar-refractivity contribution in [2.75, 3.05) is 26.2 Å². The molecule has 0 spiro atoms. The largest absolute Gasteiger partial charge is 0.314 e. The van der Waals surface area contributed by atoms with E-state index in [1.54, 1.807) is 0 Å². The van der Waals surface area contributed by atoms with Crippen molar-refractivity contribution in [1.29, 1.82) is 0 Å². The van der Waals surface area contributed by atoms with Crippen molar-refractivity contribution in [1.82, 2.24) is 10.2 Å². The Balaban J connectivity index is 1.66. The van der Waals surface area contributed by atoms with Gasteiger partial charge >= 0.3 is 0 Å². The Bertz CT molecular complexity index is 203. The van der Waals surface area contributed by atoms with Gasteiger partial charge in [0.25, 0.3) is 0 Å². The van der Waals surface area contributed by atoms with Crippen LogP contribution in [0.3, 0.4) is 0 Å².